The fourth-order valence-electron chi connectivity index (χ4n) is 9.43. The molecule has 0 aromatic heterocycles. The van der Waals surface area contributed by atoms with Gasteiger partial charge in [-0.15, -0.1) is 0 Å². The number of ether oxygens (including phenoxy) is 3. The number of thiocarbonyl (C=S) groups is 1. The average Bonchev–Trinajstić information content (AvgIpc) is 3.91. The molecule has 368 valence electrons. The number of amides is 5. The second-order valence-corrected chi connectivity index (χ2v) is 19.7. The van der Waals surface area contributed by atoms with Gasteiger partial charge in [-0.05, 0) is 74.6 Å². The van der Waals surface area contributed by atoms with Gasteiger partial charge in [0.05, 0.1) is 49.3 Å². The largest absolute Gasteiger partial charge is 0.469 e. The molecule has 66 heavy (non-hydrogen) atoms. The van der Waals surface area contributed by atoms with Gasteiger partial charge in [-0.1, -0.05) is 90.0 Å². The lowest BCUT2D eigenvalue weighted by Crippen LogP contribution is -2.55. The van der Waals surface area contributed by atoms with E-state index in [4.69, 9.17) is 26.4 Å². The number of nitrogens with zero attached hydrogens (tertiary/aromatic N) is 4. The molecule has 1 aromatic rings. The summed E-state index contributed by atoms with van der Waals surface area (Å²) in [6, 6.07) is 9.00. The van der Waals surface area contributed by atoms with Crippen molar-refractivity contribution < 1.29 is 47.8 Å². The maximum Gasteiger partial charge on any atom is 0.309 e. The van der Waals surface area contributed by atoms with Gasteiger partial charge in [-0.25, -0.2) is 0 Å². The predicted octanol–water partition coefficient (Wildman–Crippen LogP) is 6.65. The van der Waals surface area contributed by atoms with E-state index in [9.17, 15) is 33.6 Å². The molecule has 0 unspecified atom stereocenters. The lowest BCUT2D eigenvalue weighted by molar-refractivity contribution is -0.150. The summed E-state index contributed by atoms with van der Waals surface area (Å²) in [7, 11) is 7.90. The molecular weight excluding hydrogens is 861 g/mol. The molecule has 0 radical (unpaired) electrons. The van der Waals surface area contributed by atoms with Crippen molar-refractivity contribution in [2.24, 2.45) is 29.6 Å². The smallest absolute Gasteiger partial charge is 0.309 e. The van der Waals surface area contributed by atoms with Crippen molar-refractivity contribution in [3.8, 4) is 0 Å². The van der Waals surface area contributed by atoms with Crippen molar-refractivity contribution in [2.45, 2.75) is 149 Å². The van der Waals surface area contributed by atoms with Crippen LogP contribution in [0.5, 0.6) is 0 Å². The SMILES string of the molecule is CC[C@H](C)[C@@H]([C@@H](CC(=O)N1CCC[C@H]1[C@H](OC)[C@@H](C)C(=S)C[C@@H](Cc1ccccc1)C(=O)OC)OC)N(C)C(=O)[C@@H](CC(=O)C(C)(C)N(C)C(=O)CCCCCN1C(=O)C=CC1=O)C(C)C. The highest BCUT2D eigenvalue weighted by atomic mass is 32.1. The van der Waals surface area contributed by atoms with Crippen LogP contribution in [0.25, 0.3) is 0 Å². The van der Waals surface area contributed by atoms with Crippen LogP contribution in [0.1, 0.15) is 118 Å². The summed E-state index contributed by atoms with van der Waals surface area (Å²) >= 11 is 5.98. The molecule has 1 saturated heterocycles. The van der Waals surface area contributed by atoms with Gasteiger partial charge in [0.2, 0.25) is 17.7 Å². The monoisotopic (exact) mass is 939 g/mol. The van der Waals surface area contributed by atoms with Crippen LogP contribution >= 0.6 is 12.2 Å². The zero-order valence-electron chi connectivity index (χ0n) is 41.7. The molecule has 0 aliphatic carbocycles. The number of unbranched alkanes of at least 4 members (excludes halogenated alkanes) is 2. The molecule has 5 amide bonds. The average molecular weight is 939 g/mol. The molecule has 2 aliphatic rings. The Bertz CT molecular complexity index is 1850. The number of esters is 1. The molecule has 3 rings (SSSR count). The molecular formula is C51H78N4O10S. The normalized spacial score (nSPS) is 18.4. The van der Waals surface area contributed by atoms with Crippen LogP contribution in [0.4, 0.5) is 0 Å². The highest BCUT2D eigenvalue weighted by Crippen LogP contribution is 2.33. The van der Waals surface area contributed by atoms with Gasteiger partial charge >= 0.3 is 5.97 Å². The van der Waals surface area contributed by atoms with E-state index >= 15 is 0 Å². The molecule has 0 bridgehead atoms. The lowest BCUT2D eigenvalue weighted by Gasteiger charge is -2.41. The number of benzene rings is 1. The van der Waals surface area contributed by atoms with Crippen molar-refractivity contribution in [1.82, 2.24) is 19.6 Å². The van der Waals surface area contributed by atoms with Crippen molar-refractivity contribution >= 4 is 58.4 Å². The first-order chi connectivity index (χ1) is 31.2. The van der Waals surface area contributed by atoms with Crippen LogP contribution in [0, 0.1) is 29.6 Å². The molecule has 0 spiro atoms. The number of likely N-dealkylation sites (N-methyl/N-ethyl adjacent to an activating group) is 2. The van der Waals surface area contributed by atoms with Gasteiger partial charge in [-0.3, -0.25) is 38.5 Å². The molecule has 8 atom stereocenters. The number of likely N-dealkylation sites (tertiary alicyclic amines) is 1. The number of rotatable bonds is 28. The number of Topliss-reactive ketones (excluding diaryl/α,β-unsaturated/α-hetero) is 1. The van der Waals surface area contributed by atoms with Crippen LogP contribution in [-0.2, 0) is 54.2 Å². The number of carbonyl (C=O) groups is 7. The van der Waals surface area contributed by atoms with Gasteiger partial charge < -0.3 is 28.9 Å². The van der Waals surface area contributed by atoms with E-state index in [0.29, 0.717) is 49.9 Å². The summed E-state index contributed by atoms with van der Waals surface area (Å²) in [5, 5.41) is 0. The number of imide groups is 1. The molecule has 2 aliphatic heterocycles. The molecule has 2 heterocycles. The van der Waals surface area contributed by atoms with Gasteiger partial charge in [0.25, 0.3) is 11.8 Å². The fraction of sp³-hybridized carbons (Fsp3) is 0.686. The summed E-state index contributed by atoms with van der Waals surface area (Å²) in [4.78, 5) is 99.9. The van der Waals surface area contributed by atoms with Gasteiger partial charge in [0, 0.05) is 78.2 Å². The molecule has 14 nitrogen and oxygen atoms in total. The number of carbonyl (C=O) groups excluding carboxylic acids is 7. The van der Waals surface area contributed by atoms with Crippen molar-refractivity contribution in [3.63, 3.8) is 0 Å². The summed E-state index contributed by atoms with van der Waals surface area (Å²) in [6.45, 7) is 14.1. The maximum atomic E-state index is 14.6. The number of hydrogen-bond donors (Lipinski definition) is 0. The van der Waals surface area contributed by atoms with Gasteiger partial charge in [-0.2, -0.15) is 0 Å². The summed E-state index contributed by atoms with van der Waals surface area (Å²) < 4.78 is 17.4. The second kappa shape index (κ2) is 26.3. The van der Waals surface area contributed by atoms with Crippen LogP contribution in [0.3, 0.4) is 0 Å². The van der Waals surface area contributed by atoms with Crippen molar-refractivity contribution in [2.75, 3.05) is 48.5 Å². The summed E-state index contributed by atoms with van der Waals surface area (Å²) in [5.41, 5.74) is -0.184. The van der Waals surface area contributed by atoms with E-state index in [2.05, 4.69) is 0 Å². The second-order valence-electron chi connectivity index (χ2n) is 19.1. The highest BCUT2D eigenvalue weighted by Gasteiger charge is 2.44. The first-order valence-electron chi connectivity index (χ1n) is 23.8. The molecule has 1 aromatic carbocycles. The zero-order chi connectivity index (χ0) is 49.5. The molecule has 0 N–H and O–H groups in total. The number of ketones is 1. The Labute approximate surface area is 399 Å². The Balaban J connectivity index is 1.70. The molecule has 15 heteroatoms. The van der Waals surface area contributed by atoms with E-state index in [1.165, 1.54) is 29.1 Å². The van der Waals surface area contributed by atoms with E-state index in [-0.39, 0.29) is 90.9 Å². The summed E-state index contributed by atoms with van der Waals surface area (Å²) in [6.07, 6.45) is 6.32. The Hall–Kier alpha value is -4.34. The summed E-state index contributed by atoms with van der Waals surface area (Å²) in [5.74, 6) is -3.47. The third kappa shape index (κ3) is 14.6. The lowest BCUT2D eigenvalue weighted by atomic mass is 9.82. The van der Waals surface area contributed by atoms with E-state index in [1.807, 2.05) is 69.9 Å². The van der Waals surface area contributed by atoms with E-state index < -0.39 is 35.6 Å². The minimum absolute atomic E-state index is 0.0211. The Kier molecular flexibility index (Phi) is 22.3. The van der Waals surface area contributed by atoms with Crippen LogP contribution in [0.2, 0.25) is 0 Å². The van der Waals surface area contributed by atoms with Gasteiger partial charge in [0.15, 0.2) is 5.78 Å². The van der Waals surface area contributed by atoms with Crippen LogP contribution in [-0.4, -0.2) is 144 Å². The zero-order valence-corrected chi connectivity index (χ0v) is 42.5. The van der Waals surface area contributed by atoms with Crippen LogP contribution < -0.4 is 0 Å². The van der Waals surface area contributed by atoms with Gasteiger partial charge in [0.1, 0.15) is 0 Å². The van der Waals surface area contributed by atoms with E-state index in [1.54, 1.807) is 47.1 Å². The third-order valence-electron chi connectivity index (χ3n) is 14.3. The Morgan fingerprint density at radius 2 is 1.52 bits per heavy atom. The Morgan fingerprint density at radius 3 is 2.08 bits per heavy atom. The van der Waals surface area contributed by atoms with E-state index in [0.717, 1.165) is 18.4 Å². The molecule has 0 saturated carbocycles. The predicted molar refractivity (Wildman–Crippen MR) is 258 cm³/mol. The number of hydrogen-bond acceptors (Lipinski definition) is 11. The quantitative estimate of drug-likeness (QED) is 0.0383. The minimum Gasteiger partial charge on any atom is -0.469 e. The first kappa shape index (κ1) is 56.0. The number of methoxy groups -OCH3 is 3. The topological polar surface area (TPSA) is 160 Å². The fourth-order valence-corrected chi connectivity index (χ4v) is 9.77. The standard InChI is InChI=1S/C51H78N4O10S/c1-13-34(4)47(52(8)49(61)38(33(2)3)31-42(56)51(6,7)53(9)43(57)24-18-15-19-27-55-44(58)25-26-45(55)59)40(63-10)32-46(60)54-28-20-23-39(54)48(64-11)35(5)41(66)30-37(50(62)65-12)29-36-21-16-14-17-22-36/h14,16-17,21-22,25-26,33-35,37-40,47-48H,13,15,18-20,23-24,27-32H2,1-12H3/t34-,35-,37+,38-,39-,40+,47-,48+/m0/s1. The van der Waals surface area contributed by atoms with Crippen molar-refractivity contribution in [3.05, 3.63) is 48.0 Å². The van der Waals surface area contributed by atoms with Crippen molar-refractivity contribution in [1.29, 1.82) is 0 Å². The van der Waals surface area contributed by atoms with Crippen LogP contribution in [0.15, 0.2) is 42.5 Å². The highest BCUT2D eigenvalue weighted by molar-refractivity contribution is 7.80. The first-order valence-corrected chi connectivity index (χ1v) is 24.2. The Morgan fingerprint density at radius 1 is 0.879 bits per heavy atom. The third-order valence-corrected chi connectivity index (χ3v) is 14.8. The minimum atomic E-state index is -1.19. The maximum absolute atomic E-state index is 14.6. The molecule has 1 fully saturated rings.